The summed E-state index contributed by atoms with van der Waals surface area (Å²) in [6.07, 6.45) is 0.751. The van der Waals surface area contributed by atoms with Crippen LogP contribution < -0.4 is 0 Å². The third kappa shape index (κ3) is 1.26. The van der Waals surface area contributed by atoms with E-state index >= 15 is 0 Å². The summed E-state index contributed by atoms with van der Waals surface area (Å²) in [4.78, 5) is 21.4. The molecule has 0 amide bonds. The van der Waals surface area contributed by atoms with E-state index in [2.05, 4.69) is 0 Å². The number of thiophene rings is 2. The van der Waals surface area contributed by atoms with Crippen LogP contribution in [0.25, 0.3) is 9.40 Å². The molecule has 66 valence electrons. The van der Waals surface area contributed by atoms with Crippen molar-refractivity contribution >= 4 is 44.3 Å². The first-order valence-electron chi connectivity index (χ1n) is 3.42. The van der Waals surface area contributed by atoms with Crippen LogP contribution >= 0.6 is 22.7 Å². The van der Waals surface area contributed by atoms with Crippen LogP contribution in [0.15, 0.2) is 11.4 Å². The molecule has 0 aliphatic heterocycles. The van der Waals surface area contributed by atoms with Crippen LogP contribution in [0.4, 0.5) is 0 Å². The van der Waals surface area contributed by atoms with Crippen LogP contribution in [0.1, 0.15) is 20.0 Å². The van der Waals surface area contributed by atoms with Crippen molar-refractivity contribution in [1.29, 1.82) is 0 Å². The number of aromatic carboxylic acids is 1. The highest BCUT2D eigenvalue weighted by Gasteiger charge is 2.12. The number of carboxylic acid groups (broad SMARTS) is 1. The van der Waals surface area contributed by atoms with E-state index in [-0.39, 0.29) is 4.88 Å². The second-order valence-corrected chi connectivity index (χ2v) is 4.38. The zero-order valence-corrected chi connectivity index (χ0v) is 7.95. The number of rotatable bonds is 2. The minimum absolute atomic E-state index is 0.282. The fraction of sp³-hybridized carbons (Fsp3) is 0. The predicted molar refractivity (Wildman–Crippen MR) is 52.0 cm³/mol. The molecule has 0 radical (unpaired) electrons. The highest BCUT2D eigenvalue weighted by molar-refractivity contribution is 7.28. The molecule has 5 heteroatoms. The maximum absolute atomic E-state index is 10.6. The van der Waals surface area contributed by atoms with Crippen LogP contribution in [-0.4, -0.2) is 17.4 Å². The highest BCUT2D eigenvalue weighted by atomic mass is 32.1. The van der Waals surface area contributed by atoms with Crippen LogP contribution in [0, 0.1) is 0 Å². The van der Waals surface area contributed by atoms with Gasteiger partial charge < -0.3 is 5.11 Å². The van der Waals surface area contributed by atoms with E-state index in [0.717, 1.165) is 27.0 Å². The lowest BCUT2D eigenvalue weighted by atomic mass is 10.3. The molecule has 0 fully saturated rings. The molecule has 2 heterocycles. The topological polar surface area (TPSA) is 54.4 Å². The van der Waals surface area contributed by atoms with E-state index in [1.807, 2.05) is 0 Å². The fourth-order valence-electron chi connectivity index (χ4n) is 1.03. The predicted octanol–water partition coefficient (Wildman–Crippen LogP) is 2.47. The smallest absolute Gasteiger partial charge is 0.345 e. The zero-order valence-electron chi connectivity index (χ0n) is 6.31. The van der Waals surface area contributed by atoms with Gasteiger partial charge in [-0.15, -0.1) is 22.7 Å². The van der Waals surface area contributed by atoms with Gasteiger partial charge in [-0.1, -0.05) is 0 Å². The summed E-state index contributed by atoms with van der Waals surface area (Å²) in [5.74, 6) is -0.940. The summed E-state index contributed by atoms with van der Waals surface area (Å²) >= 11 is 2.54. The molecular formula is C8H4O3S2. The van der Waals surface area contributed by atoms with Crippen LogP contribution in [0.3, 0.4) is 0 Å². The molecule has 0 aliphatic rings. The molecule has 0 saturated heterocycles. The van der Waals surface area contributed by atoms with Crippen molar-refractivity contribution in [2.75, 3.05) is 0 Å². The van der Waals surface area contributed by atoms with Gasteiger partial charge in [0.1, 0.15) is 4.88 Å². The van der Waals surface area contributed by atoms with Gasteiger partial charge in [0.15, 0.2) is 6.29 Å². The minimum Gasteiger partial charge on any atom is -0.477 e. The van der Waals surface area contributed by atoms with Crippen molar-refractivity contribution < 1.29 is 14.7 Å². The second kappa shape index (κ2) is 2.93. The maximum atomic E-state index is 10.6. The normalized spacial score (nSPS) is 10.5. The second-order valence-electron chi connectivity index (χ2n) is 2.42. The van der Waals surface area contributed by atoms with E-state index in [0.29, 0.717) is 5.56 Å². The third-order valence-electron chi connectivity index (χ3n) is 1.61. The molecule has 0 spiro atoms. The first-order chi connectivity index (χ1) is 6.22. The Bertz CT molecular complexity index is 481. The summed E-state index contributed by atoms with van der Waals surface area (Å²) in [7, 11) is 0. The van der Waals surface area contributed by atoms with Gasteiger partial charge in [-0.05, 0) is 6.07 Å². The van der Waals surface area contributed by atoms with Gasteiger partial charge in [0, 0.05) is 15.6 Å². The Labute approximate surface area is 81.2 Å². The number of carboxylic acids is 1. The molecule has 2 aromatic rings. The van der Waals surface area contributed by atoms with Crippen molar-refractivity contribution in [2.24, 2.45) is 0 Å². The van der Waals surface area contributed by atoms with Crippen molar-refractivity contribution in [2.45, 2.75) is 0 Å². The van der Waals surface area contributed by atoms with Gasteiger partial charge in [0.05, 0.1) is 4.70 Å². The molecule has 0 saturated carbocycles. The Morgan fingerprint density at radius 3 is 2.92 bits per heavy atom. The fourth-order valence-corrected chi connectivity index (χ4v) is 3.16. The van der Waals surface area contributed by atoms with E-state index < -0.39 is 5.97 Å². The van der Waals surface area contributed by atoms with E-state index in [1.54, 1.807) is 11.4 Å². The van der Waals surface area contributed by atoms with Gasteiger partial charge >= 0.3 is 5.97 Å². The molecular weight excluding hydrogens is 208 g/mol. The Morgan fingerprint density at radius 1 is 1.54 bits per heavy atom. The first-order valence-corrected chi connectivity index (χ1v) is 5.11. The largest absolute Gasteiger partial charge is 0.477 e. The zero-order chi connectivity index (χ0) is 9.42. The standard InChI is InChI=1S/C8H4O3S2/c9-2-4-3-12-5-1-6(8(10)11)13-7(4)5/h1-3H,(H,10,11). The lowest BCUT2D eigenvalue weighted by Gasteiger charge is -1.81. The molecule has 0 unspecified atom stereocenters. The van der Waals surface area contributed by atoms with Gasteiger partial charge in [-0.2, -0.15) is 0 Å². The first kappa shape index (κ1) is 8.40. The number of fused-ring (bicyclic) bond motifs is 1. The summed E-state index contributed by atoms with van der Waals surface area (Å²) in [6, 6.07) is 1.60. The molecule has 13 heavy (non-hydrogen) atoms. The number of aldehydes is 1. The lowest BCUT2D eigenvalue weighted by molar-refractivity contribution is 0.0702. The molecule has 2 aromatic heterocycles. The SMILES string of the molecule is O=Cc1csc2cc(C(=O)O)sc12. The number of carbonyl (C=O) groups is 2. The van der Waals surface area contributed by atoms with E-state index in [1.165, 1.54) is 11.3 Å². The number of hydrogen-bond acceptors (Lipinski definition) is 4. The molecule has 1 N–H and O–H groups in total. The summed E-state index contributed by atoms with van der Waals surface area (Å²) in [6.45, 7) is 0. The molecule has 0 bridgehead atoms. The molecule has 0 atom stereocenters. The lowest BCUT2D eigenvalue weighted by Crippen LogP contribution is -1.89. The van der Waals surface area contributed by atoms with Crippen LogP contribution in [-0.2, 0) is 0 Å². The minimum atomic E-state index is -0.940. The quantitative estimate of drug-likeness (QED) is 0.778. The number of carbonyl (C=O) groups excluding carboxylic acids is 1. The summed E-state index contributed by atoms with van der Waals surface area (Å²) < 4.78 is 1.64. The Morgan fingerprint density at radius 2 is 2.31 bits per heavy atom. The van der Waals surface area contributed by atoms with E-state index in [9.17, 15) is 9.59 Å². The Hall–Kier alpha value is -1.20. The average molecular weight is 212 g/mol. The van der Waals surface area contributed by atoms with Gasteiger partial charge in [-0.25, -0.2) is 4.79 Å². The molecule has 0 aliphatic carbocycles. The van der Waals surface area contributed by atoms with Crippen LogP contribution in [0.2, 0.25) is 0 Å². The summed E-state index contributed by atoms with van der Waals surface area (Å²) in [5, 5.41) is 10.4. The van der Waals surface area contributed by atoms with Gasteiger partial charge in [-0.3, -0.25) is 4.79 Å². The van der Waals surface area contributed by atoms with E-state index in [4.69, 9.17) is 5.11 Å². The Kier molecular flexibility index (Phi) is 1.90. The van der Waals surface area contributed by atoms with Gasteiger partial charge in [0.25, 0.3) is 0 Å². The summed E-state index contributed by atoms with van der Waals surface area (Å²) in [5.41, 5.74) is 0.581. The maximum Gasteiger partial charge on any atom is 0.345 e. The number of hydrogen-bond donors (Lipinski definition) is 1. The highest BCUT2D eigenvalue weighted by Crippen LogP contribution is 2.32. The molecule has 2 rings (SSSR count). The van der Waals surface area contributed by atoms with Crippen molar-refractivity contribution in [3.8, 4) is 0 Å². The van der Waals surface area contributed by atoms with Crippen molar-refractivity contribution in [3.05, 3.63) is 21.9 Å². The average Bonchev–Trinajstić information content (AvgIpc) is 2.60. The molecule has 0 aromatic carbocycles. The van der Waals surface area contributed by atoms with Crippen LogP contribution in [0.5, 0.6) is 0 Å². The molecule has 3 nitrogen and oxygen atoms in total. The Balaban J connectivity index is 2.69. The monoisotopic (exact) mass is 212 g/mol. The third-order valence-corrected chi connectivity index (χ3v) is 3.86. The van der Waals surface area contributed by atoms with Crippen molar-refractivity contribution in [1.82, 2.24) is 0 Å². The van der Waals surface area contributed by atoms with Gasteiger partial charge in [0.2, 0.25) is 0 Å². The van der Waals surface area contributed by atoms with Crippen molar-refractivity contribution in [3.63, 3.8) is 0 Å².